The summed E-state index contributed by atoms with van der Waals surface area (Å²) in [6.07, 6.45) is 3.27. The highest BCUT2D eigenvalue weighted by Crippen LogP contribution is 2.20. The molecule has 0 amide bonds. The van der Waals surface area contributed by atoms with E-state index in [4.69, 9.17) is 16.3 Å². The molecule has 0 unspecified atom stereocenters. The topological polar surface area (TPSA) is 26.3 Å². The van der Waals surface area contributed by atoms with Crippen LogP contribution >= 0.6 is 11.6 Å². The summed E-state index contributed by atoms with van der Waals surface area (Å²) in [4.78, 5) is 11.2. The van der Waals surface area contributed by atoms with Crippen LogP contribution in [0.4, 0.5) is 0 Å². The minimum atomic E-state index is -0.494. The van der Waals surface area contributed by atoms with E-state index in [-0.39, 0.29) is 5.78 Å². The molecule has 0 N–H and O–H groups in total. The number of Topliss-reactive ketones (excluding diaryl/α,β-unsaturated/α-hetero) is 1. The van der Waals surface area contributed by atoms with Gasteiger partial charge < -0.3 is 4.74 Å². The van der Waals surface area contributed by atoms with Crippen LogP contribution in [0.15, 0.2) is 36.6 Å². The quantitative estimate of drug-likeness (QED) is 0.745. The van der Waals surface area contributed by atoms with Crippen molar-refractivity contribution >= 4 is 17.4 Å². The molecule has 0 heterocycles. The largest absolute Gasteiger partial charge is 0.465 e. The normalized spacial score (nSPS) is 11.8. The molecule has 86 valence electrons. The molecule has 1 rings (SSSR count). The zero-order valence-electron chi connectivity index (χ0n) is 9.66. The van der Waals surface area contributed by atoms with Gasteiger partial charge in [-0.05, 0) is 51.1 Å². The van der Waals surface area contributed by atoms with Crippen LogP contribution in [0.5, 0.6) is 5.75 Å². The summed E-state index contributed by atoms with van der Waals surface area (Å²) in [5.74, 6) is 0.795. The first-order chi connectivity index (χ1) is 7.42. The minimum absolute atomic E-state index is 0.100. The average Bonchev–Trinajstić information content (AvgIpc) is 2.20. The Kier molecular flexibility index (Phi) is 4.13. The lowest BCUT2D eigenvalue weighted by Gasteiger charge is -2.14. The molecule has 1 aromatic rings. The van der Waals surface area contributed by atoms with Gasteiger partial charge in [-0.2, -0.15) is 0 Å². The van der Waals surface area contributed by atoms with Crippen molar-refractivity contribution in [1.82, 2.24) is 0 Å². The van der Waals surface area contributed by atoms with Crippen molar-refractivity contribution in [2.45, 2.75) is 20.8 Å². The van der Waals surface area contributed by atoms with E-state index in [1.54, 1.807) is 37.3 Å². The summed E-state index contributed by atoms with van der Waals surface area (Å²) in [5.41, 5.74) is -0.494. The van der Waals surface area contributed by atoms with Crippen molar-refractivity contribution in [2.75, 3.05) is 0 Å². The van der Waals surface area contributed by atoms with Crippen LogP contribution in [0.1, 0.15) is 20.8 Å². The first-order valence-corrected chi connectivity index (χ1v) is 5.40. The second kappa shape index (κ2) is 5.17. The minimum Gasteiger partial charge on any atom is -0.465 e. The molecule has 0 aliphatic heterocycles. The molecule has 0 fully saturated rings. The van der Waals surface area contributed by atoms with E-state index in [1.807, 2.05) is 13.8 Å². The van der Waals surface area contributed by atoms with E-state index in [1.165, 1.54) is 6.26 Å². The number of ketones is 1. The molecule has 1 aromatic carbocycles. The SMILES string of the molecule is CC(=O)C(C)(C)C=COc1ccc(Cl)cc1. The molecule has 0 aromatic heterocycles. The first-order valence-electron chi connectivity index (χ1n) is 5.03. The lowest BCUT2D eigenvalue weighted by molar-refractivity contribution is -0.122. The van der Waals surface area contributed by atoms with Crippen molar-refractivity contribution in [1.29, 1.82) is 0 Å². The van der Waals surface area contributed by atoms with E-state index >= 15 is 0 Å². The summed E-state index contributed by atoms with van der Waals surface area (Å²) in [6.45, 7) is 5.25. The van der Waals surface area contributed by atoms with E-state index in [9.17, 15) is 4.79 Å². The number of ether oxygens (including phenoxy) is 1. The molecule has 2 nitrogen and oxygen atoms in total. The highest BCUT2D eigenvalue weighted by Gasteiger charge is 2.19. The van der Waals surface area contributed by atoms with Gasteiger partial charge in [0, 0.05) is 10.4 Å². The summed E-state index contributed by atoms with van der Waals surface area (Å²) in [6, 6.07) is 7.04. The maximum atomic E-state index is 11.2. The molecule has 0 bridgehead atoms. The van der Waals surface area contributed by atoms with Gasteiger partial charge in [0.15, 0.2) is 0 Å². The Bertz CT molecular complexity index is 391. The van der Waals surface area contributed by atoms with Crippen LogP contribution in [0.2, 0.25) is 5.02 Å². The van der Waals surface area contributed by atoms with Gasteiger partial charge in [0.1, 0.15) is 11.5 Å². The highest BCUT2D eigenvalue weighted by molar-refractivity contribution is 6.30. The summed E-state index contributed by atoms with van der Waals surface area (Å²) in [7, 11) is 0. The molecular formula is C13H15ClO2. The Morgan fingerprint density at radius 3 is 2.38 bits per heavy atom. The second-order valence-corrected chi connectivity index (χ2v) is 4.59. The van der Waals surface area contributed by atoms with Gasteiger partial charge in [0.25, 0.3) is 0 Å². The number of hydrogen-bond donors (Lipinski definition) is 0. The maximum absolute atomic E-state index is 11.2. The molecular weight excluding hydrogens is 224 g/mol. The number of halogens is 1. The zero-order valence-corrected chi connectivity index (χ0v) is 10.4. The Labute approximate surface area is 101 Å². The van der Waals surface area contributed by atoms with Gasteiger partial charge in [0.05, 0.1) is 6.26 Å². The molecule has 0 atom stereocenters. The van der Waals surface area contributed by atoms with Crippen molar-refractivity contribution in [2.24, 2.45) is 5.41 Å². The van der Waals surface area contributed by atoms with Crippen LogP contribution in [0.25, 0.3) is 0 Å². The van der Waals surface area contributed by atoms with E-state index in [0.29, 0.717) is 10.8 Å². The molecule has 3 heteroatoms. The summed E-state index contributed by atoms with van der Waals surface area (Å²) >= 11 is 5.74. The van der Waals surface area contributed by atoms with E-state index in [2.05, 4.69) is 0 Å². The van der Waals surface area contributed by atoms with Crippen LogP contribution in [-0.4, -0.2) is 5.78 Å². The number of hydrogen-bond acceptors (Lipinski definition) is 2. The molecule has 0 saturated carbocycles. The fraction of sp³-hybridized carbons (Fsp3) is 0.308. The number of rotatable bonds is 4. The van der Waals surface area contributed by atoms with Crippen molar-refractivity contribution < 1.29 is 9.53 Å². The maximum Gasteiger partial charge on any atom is 0.139 e. The van der Waals surface area contributed by atoms with Gasteiger partial charge in [-0.25, -0.2) is 0 Å². The predicted molar refractivity (Wildman–Crippen MR) is 65.7 cm³/mol. The third-order valence-electron chi connectivity index (χ3n) is 2.41. The third-order valence-corrected chi connectivity index (χ3v) is 2.66. The Morgan fingerprint density at radius 1 is 1.31 bits per heavy atom. The number of benzene rings is 1. The fourth-order valence-corrected chi connectivity index (χ4v) is 1.04. The van der Waals surface area contributed by atoms with Crippen molar-refractivity contribution in [3.63, 3.8) is 0 Å². The van der Waals surface area contributed by atoms with Gasteiger partial charge in [-0.15, -0.1) is 0 Å². The predicted octanol–water partition coefficient (Wildman–Crippen LogP) is 3.85. The van der Waals surface area contributed by atoms with Crippen LogP contribution < -0.4 is 4.74 Å². The lowest BCUT2D eigenvalue weighted by atomic mass is 9.89. The summed E-state index contributed by atoms with van der Waals surface area (Å²) in [5, 5.41) is 0.667. The Balaban J connectivity index is 2.61. The van der Waals surface area contributed by atoms with Crippen molar-refractivity contribution in [3.8, 4) is 5.75 Å². The van der Waals surface area contributed by atoms with E-state index in [0.717, 1.165) is 0 Å². The molecule has 0 radical (unpaired) electrons. The average molecular weight is 239 g/mol. The van der Waals surface area contributed by atoms with E-state index < -0.39 is 5.41 Å². The zero-order chi connectivity index (χ0) is 12.2. The molecule has 0 spiro atoms. The Hall–Kier alpha value is -1.28. The third kappa shape index (κ3) is 3.70. The van der Waals surface area contributed by atoms with Gasteiger partial charge in [0.2, 0.25) is 0 Å². The monoisotopic (exact) mass is 238 g/mol. The molecule has 0 aliphatic carbocycles. The van der Waals surface area contributed by atoms with Gasteiger partial charge in [-0.1, -0.05) is 11.6 Å². The lowest BCUT2D eigenvalue weighted by Crippen LogP contribution is -2.18. The number of carbonyl (C=O) groups is 1. The molecule has 0 saturated heterocycles. The Morgan fingerprint density at radius 2 is 1.88 bits per heavy atom. The van der Waals surface area contributed by atoms with Crippen LogP contribution in [-0.2, 0) is 4.79 Å². The molecule has 0 aliphatic rings. The summed E-state index contributed by atoms with van der Waals surface area (Å²) < 4.78 is 5.36. The highest BCUT2D eigenvalue weighted by atomic mass is 35.5. The molecule has 16 heavy (non-hydrogen) atoms. The first kappa shape index (κ1) is 12.8. The van der Waals surface area contributed by atoms with Crippen molar-refractivity contribution in [3.05, 3.63) is 41.6 Å². The van der Waals surface area contributed by atoms with Gasteiger partial charge in [-0.3, -0.25) is 4.79 Å². The van der Waals surface area contributed by atoms with Gasteiger partial charge >= 0.3 is 0 Å². The fourth-order valence-electron chi connectivity index (χ4n) is 0.913. The van der Waals surface area contributed by atoms with Crippen LogP contribution in [0.3, 0.4) is 0 Å². The second-order valence-electron chi connectivity index (χ2n) is 4.15. The standard InChI is InChI=1S/C13H15ClO2/c1-10(15)13(2,3)8-9-16-12-6-4-11(14)5-7-12/h4-9H,1-3H3. The van der Waals surface area contributed by atoms with Crippen LogP contribution in [0, 0.1) is 5.41 Å². The number of allylic oxidation sites excluding steroid dienone is 1. The number of carbonyl (C=O) groups excluding carboxylic acids is 1. The smallest absolute Gasteiger partial charge is 0.139 e.